The number of hydrogen-bond donors (Lipinski definition) is 4. The maximum Gasteiger partial charge on any atom is 0.335 e. The Morgan fingerprint density at radius 2 is 1.92 bits per heavy atom. The molecule has 0 spiro atoms. The minimum absolute atomic E-state index is 0.0937. The predicted molar refractivity (Wildman–Crippen MR) is 137 cm³/mol. The molecule has 0 saturated carbocycles. The Kier molecular flexibility index (Phi) is 8.06. The molecule has 11 nitrogen and oxygen atoms in total. The molecule has 0 unspecified atom stereocenters. The summed E-state index contributed by atoms with van der Waals surface area (Å²) in [7, 11) is 0. The van der Waals surface area contributed by atoms with E-state index in [9.17, 15) is 14.7 Å². The Morgan fingerprint density at radius 1 is 1.11 bits per heavy atom. The monoisotopic (exact) mass is 519 g/mol. The number of carboxylic acid groups (broad SMARTS) is 1. The highest BCUT2D eigenvalue weighted by Crippen LogP contribution is 2.20. The molecule has 0 fully saturated rings. The van der Waals surface area contributed by atoms with E-state index in [1.165, 1.54) is 41.5 Å². The van der Waals surface area contributed by atoms with Crippen LogP contribution in [-0.2, 0) is 11.2 Å². The number of benzene rings is 2. The van der Waals surface area contributed by atoms with Gasteiger partial charge in [-0.3, -0.25) is 4.79 Å². The van der Waals surface area contributed by atoms with Crippen LogP contribution in [0.25, 0.3) is 11.8 Å². The molecule has 1 atom stereocenters. The number of aromatic nitrogens is 5. The zero-order chi connectivity index (χ0) is 26.2. The summed E-state index contributed by atoms with van der Waals surface area (Å²) < 4.78 is 1.47. The second-order valence-electron chi connectivity index (χ2n) is 7.99. The maximum atomic E-state index is 12.9. The number of carbonyl (C=O) groups excluding carboxylic acids is 1. The number of carbonyl (C=O) groups is 2. The predicted octanol–water partition coefficient (Wildman–Crippen LogP) is 2.97. The highest BCUT2D eigenvalue weighted by atomic mass is 35.5. The first-order chi connectivity index (χ1) is 17.9. The van der Waals surface area contributed by atoms with E-state index in [1.807, 2.05) is 0 Å². The molecular weight excluding hydrogens is 498 g/mol. The molecule has 2 aromatic carbocycles. The van der Waals surface area contributed by atoms with Crippen LogP contribution in [0, 0.1) is 0 Å². The highest BCUT2D eigenvalue weighted by Gasteiger charge is 2.13. The minimum Gasteiger partial charge on any atom is -0.493 e. The molecule has 37 heavy (non-hydrogen) atoms. The number of halogens is 1. The number of tetrazole rings is 1. The number of amides is 1. The van der Waals surface area contributed by atoms with Gasteiger partial charge in [0.05, 0.1) is 17.3 Å². The molecule has 2 heterocycles. The van der Waals surface area contributed by atoms with Gasteiger partial charge in [-0.2, -0.15) is 4.68 Å². The topological polar surface area (TPSA) is 155 Å². The molecule has 12 heteroatoms. The molecule has 0 aliphatic carbocycles. The standard InChI is InChI=1S/C25H22ClN7O4/c26-19-5-8-22(33-15-29-31-32-33)18(12-19)4-10-24(35)30-21(11-16-1-9-23(34)28-13-16)14-27-20-6-2-17(3-7-20)25(36)37/h1-10,12-13,15,21,27H,11,14H2,(H,28,34)(H,30,35)(H,36,37)/b10-4+/t21-/m0/s1. The van der Waals surface area contributed by atoms with Crippen molar-refractivity contribution in [1.29, 1.82) is 0 Å². The number of hydrogen-bond acceptors (Lipinski definition) is 8. The molecular formula is C25H22ClN7O4. The van der Waals surface area contributed by atoms with E-state index in [4.69, 9.17) is 16.7 Å². The largest absolute Gasteiger partial charge is 0.493 e. The lowest BCUT2D eigenvalue weighted by Gasteiger charge is -2.19. The summed E-state index contributed by atoms with van der Waals surface area (Å²) in [5.74, 6) is -1.45. The average molecular weight is 520 g/mol. The second-order valence-corrected chi connectivity index (χ2v) is 8.42. The summed E-state index contributed by atoms with van der Waals surface area (Å²) >= 11 is 6.15. The Bertz CT molecular complexity index is 1390. The van der Waals surface area contributed by atoms with Gasteiger partial charge in [0.15, 0.2) is 0 Å². The zero-order valence-corrected chi connectivity index (χ0v) is 20.1. The van der Waals surface area contributed by atoms with E-state index in [-0.39, 0.29) is 23.4 Å². The summed E-state index contributed by atoms with van der Waals surface area (Å²) in [5.41, 5.74) is 2.99. The first kappa shape index (κ1) is 25.3. The molecule has 2 aromatic heterocycles. The Labute approximate surface area is 216 Å². The second kappa shape index (κ2) is 11.8. The van der Waals surface area contributed by atoms with Crippen LogP contribution >= 0.6 is 11.6 Å². The van der Waals surface area contributed by atoms with E-state index in [0.29, 0.717) is 34.9 Å². The SMILES string of the molecule is O=C(/C=C/c1cc(Cl)ccc1-n1cnnn1)N[C@H](CNc1ccc(C(=O)O)cc1)Cc1ccc(O)nc1. The molecule has 0 bridgehead atoms. The van der Waals surface area contributed by atoms with Crippen molar-refractivity contribution in [3.63, 3.8) is 0 Å². The summed E-state index contributed by atoms with van der Waals surface area (Å²) in [5, 5.41) is 36.4. The van der Waals surface area contributed by atoms with Crippen LogP contribution in [0.5, 0.6) is 5.88 Å². The molecule has 4 N–H and O–H groups in total. The Morgan fingerprint density at radius 3 is 2.59 bits per heavy atom. The molecule has 0 aliphatic rings. The third kappa shape index (κ3) is 7.12. The van der Waals surface area contributed by atoms with Gasteiger partial charge in [0.2, 0.25) is 11.8 Å². The van der Waals surface area contributed by atoms with Crippen molar-refractivity contribution in [1.82, 2.24) is 30.5 Å². The normalized spacial score (nSPS) is 11.8. The van der Waals surface area contributed by atoms with Crippen LogP contribution in [0.1, 0.15) is 21.5 Å². The lowest BCUT2D eigenvalue weighted by Crippen LogP contribution is -2.40. The highest BCUT2D eigenvalue weighted by molar-refractivity contribution is 6.30. The van der Waals surface area contributed by atoms with Crippen molar-refractivity contribution in [3.05, 3.63) is 94.9 Å². The van der Waals surface area contributed by atoms with Gasteiger partial charge in [0, 0.05) is 41.2 Å². The Balaban J connectivity index is 1.48. The molecule has 0 saturated heterocycles. The first-order valence-corrected chi connectivity index (χ1v) is 11.5. The number of carboxylic acids is 1. The molecule has 0 radical (unpaired) electrons. The number of nitrogens with one attached hydrogen (secondary N) is 2. The van der Waals surface area contributed by atoms with Gasteiger partial charge in [0.25, 0.3) is 0 Å². The smallest absolute Gasteiger partial charge is 0.335 e. The van der Waals surface area contributed by atoms with Crippen LogP contribution < -0.4 is 10.6 Å². The maximum absolute atomic E-state index is 12.9. The molecule has 0 aliphatic heterocycles. The number of pyridine rings is 1. The van der Waals surface area contributed by atoms with Crippen LogP contribution in [0.2, 0.25) is 5.02 Å². The van der Waals surface area contributed by atoms with Crippen molar-refractivity contribution in [2.75, 3.05) is 11.9 Å². The van der Waals surface area contributed by atoms with E-state index in [0.717, 1.165) is 5.56 Å². The van der Waals surface area contributed by atoms with Gasteiger partial charge in [-0.05, 0) is 71.0 Å². The molecule has 188 valence electrons. The van der Waals surface area contributed by atoms with E-state index in [1.54, 1.807) is 42.5 Å². The van der Waals surface area contributed by atoms with E-state index >= 15 is 0 Å². The van der Waals surface area contributed by atoms with Crippen LogP contribution in [0.3, 0.4) is 0 Å². The van der Waals surface area contributed by atoms with Gasteiger partial charge in [-0.25, -0.2) is 9.78 Å². The summed E-state index contributed by atoms with van der Waals surface area (Å²) in [6.07, 6.45) is 6.42. The number of nitrogens with zero attached hydrogens (tertiary/aromatic N) is 5. The van der Waals surface area contributed by atoms with Gasteiger partial charge in [-0.15, -0.1) is 5.10 Å². The van der Waals surface area contributed by atoms with Crippen LogP contribution in [-0.4, -0.2) is 59.9 Å². The van der Waals surface area contributed by atoms with E-state index < -0.39 is 5.97 Å². The van der Waals surface area contributed by atoms with Crippen molar-refractivity contribution < 1.29 is 19.8 Å². The molecule has 4 rings (SSSR count). The fourth-order valence-electron chi connectivity index (χ4n) is 3.52. The van der Waals surface area contributed by atoms with E-state index in [2.05, 4.69) is 31.1 Å². The lowest BCUT2D eigenvalue weighted by atomic mass is 10.1. The van der Waals surface area contributed by atoms with Gasteiger partial charge in [0.1, 0.15) is 6.33 Å². The van der Waals surface area contributed by atoms with Crippen LogP contribution in [0.4, 0.5) is 5.69 Å². The number of anilines is 1. The van der Waals surface area contributed by atoms with Crippen molar-refractivity contribution in [2.24, 2.45) is 0 Å². The minimum atomic E-state index is -1.01. The third-order valence-electron chi connectivity index (χ3n) is 5.32. The third-order valence-corrected chi connectivity index (χ3v) is 5.56. The van der Waals surface area contributed by atoms with Crippen LogP contribution in [0.15, 0.2) is 73.2 Å². The lowest BCUT2D eigenvalue weighted by molar-refractivity contribution is -0.117. The quantitative estimate of drug-likeness (QED) is 0.231. The first-order valence-electron chi connectivity index (χ1n) is 11.1. The van der Waals surface area contributed by atoms with Crippen molar-refractivity contribution in [3.8, 4) is 11.6 Å². The number of aromatic carboxylic acids is 1. The average Bonchev–Trinajstić information content (AvgIpc) is 3.42. The van der Waals surface area contributed by atoms with Gasteiger partial charge < -0.3 is 20.8 Å². The Hall–Kier alpha value is -4.77. The molecule has 4 aromatic rings. The number of rotatable bonds is 10. The fraction of sp³-hybridized carbons (Fsp3) is 0.120. The van der Waals surface area contributed by atoms with Gasteiger partial charge >= 0.3 is 5.97 Å². The molecule has 1 amide bonds. The van der Waals surface area contributed by atoms with Crippen molar-refractivity contribution >= 4 is 35.2 Å². The summed E-state index contributed by atoms with van der Waals surface area (Å²) in [4.78, 5) is 27.8. The number of aromatic hydroxyl groups is 1. The zero-order valence-electron chi connectivity index (χ0n) is 19.3. The summed E-state index contributed by atoms with van der Waals surface area (Å²) in [6.45, 7) is 0.347. The fourth-order valence-corrected chi connectivity index (χ4v) is 3.70. The summed E-state index contributed by atoms with van der Waals surface area (Å²) in [6, 6.07) is 14.3. The van der Waals surface area contributed by atoms with Gasteiger partial charge in [-0.1, -0.05) is 17.7 Å². The van der Waals surface area contributed by atoms with Crippen molar-refractivity contribution in [2.45, 2.75) is 12.5 Å².